The molecule has 238 valence electrons. The average molecular weight is 665 g/mol. The van der Waals surface area contributed by atoms with Gasteiger partial charge in [0, 0.05) is 37.9 Å². The largest absolute Gasteiger partial charge is 0.455 e. The van der Waals surface area contributed by atoms with Gasteiger partial charge in [-0.05, 0) is 41.4 Å². The molecule has 0 spiro atoms. The highest BCUT2D eigenvalue weighted by Crippen LogP contribution is 2.41. The van der Waals surface area contributed by atoms with E-state index in [0.29, 0.717) is 22.3 Å². The van der Waals surface area contributed by atoms with E-state index in [-0.39, 0.29) is 61.3 Å². The van der Waals surface area contributed by atoms with Gasteiger partial charge in [-0.15, -0.1) is 0 Å². The van der Waals surface area contributed by atoms with Crippen molar-refractivity contribution < 1.29 is 22.5 Å². The molecule has 0 aliphatic rings. The van der Waals surface area contributed by atoms with Gasteiger partial charge in [0.25, 0.3) is 0 Å². The highest BCUT2D eigenvalue weighted by atomic mass is 16.3. The molecule has 0 N–H and O–H groups in total. The standard InChI is InChI=1S/C45H26N4O2/c1-2-11-27(12-3-1)28-21-23-29(24-22-28)43-46-44(36-17-10-16-34-31-14-5-8-19-38(31)50-41(34)36)48-45(47-43)49-37-18-7-4-13-30(37)33-25-26-35-32-15-6-9-20-39(32)51-42(35)40(33)49/h1-26H/i4D,6D,7D,9D,13D,15D,18D,20D,25D,26D. The lowest BCUT2D eigenvalue weighted by Crippen LogP contribution is -2.06. The Kier molecular flexibility index (Phi) is 4.17. The summed E-state index contributed by atoms with van der Waals surface area (Å²) in [5.74, 6) is 0.201. The van der Waals surface area contributed by atoms with E-state index in [1.165, 1.54) is 4.57 Å². The number of hydrogen-bond donors (Lipinski definition) is 0. The van der Waals surface area contributed by atoms with Crippen molar-refractivity contribution in [2.45, 2.75) is 0 Å². The summed E-state index contributed by atoms with van der Waals surface area (Å²) in [6, 6.07) is 25.5. The van der Waals surface area contributed by atoms with Gasteiger partial charge in [0.15, 0.2) is 17.2 Å². The maximum atomic E-state index is 9.39. The van der Waals surface area contributed by atoms with Crippen LogP contribution in [0.5, 0.6) is 0 Å². The molecular formula is C45H26N4O2. The molecule has 0 aliphatic heterocycles. The Balaban J connectivity index is 1.31. The molecule has 0 aliphatic carbocycles. The minimum atomic E-state index is -0.572. The molecule has 11 rings (SSSR count). The molecular weight excluding hydrogens is 629 g/mol. The third-order valence-corrected chi connectivity index (χ3v) is 9.18. The molecule has 51 heavy (non-hydrogen) atoms. The van der Waals surface area contributed by atoms with E-state index in [0.717, 1.165) is 21.9 Å². The van der Waals surface area contributed by atoms with E-state index in [2.05, 4.69) is 0 Å². The number of para-hydroxylation sites is 4. The van der Waals surface area contributed by atoms with Crippen LogP contribution < -0.4 is 0 Å². The Labute approximate surface area is 304 Å². The third-order valence-electron chi connectivity index (χ3n) is 9.18. The number of benzene rings is 7. The summed E-state index contributed by atoms with van der Waals surface area (Å²) in [6.07, 6.45) is 0. The van der Waals surface area contributed by atoms with Crippen LogP contribution in [0, 0.1) is 0 Å². The van der Waals surface area contributed by atoms with Crippen molar-refractivity contribution in [3.8, 4) is 39.9 Å². The Morgan fingerprint density at radius 2 is 1.14 bits per heavy atom. The number of hydrogen-bond acceptors (Lipinski definition) is 5. The molecule has 0 saturated carbocycles. The summed E-state index contributed by atoms with van der Waals surface area (Å²) in [5.41, 5.74) is 3.59. The SMILES string of the molecule is [2H]c1c([2H])c([2H])c2c(oc3c2c([2H])c([2H])c2c4c([2H])c([2H])c([2H])c([2H])c4n(-c4nc(-c5ccc(-c6ccccc6)cc5)nc(-c5cccc6c5oc5ccccc56)n4)c32)c1[2H]. The first-order valence-electron chi connectivity index (χ1n) is 21.1. The van der Waals surface area contributed by atoms with Gasteiger partial charge in [0.05, 0.1) is 24.8 Å². The molecule has 7 aromatic carbocycles. The second kappa shape index (κ2) is 10.7. The second-order valence-corrected chi connectivity index (χ2v) is 12.0. The zero-order valence-corrected chi connectivity index (χ0v) is 26.3. The summed E-state index contributed by atoms with van der Waals surface area (Å²) in [7, 11) is 0. The van der Waals surface area contributed by atoms with Crippen LogP contribution in [0.15, 0.2) is 166 Å². The maximum Gasteiger partial charge on any atom is 0.238 e. The van der Waals surface area contributed by atoms with Crippen molar-refractivity contribution in [1.29, 1.82) is 0 Å². The number of fused-ring (bicyclic) bond motifs is 10. The van der Waals surface area contributed by atoms with E-state index in [1.807, 2.05) is 91.0 Å². The summed E-state index contributed by atoms with van der Waals surface area (Å²) in [4.78, 5) is 15.0. The van der Waals surface area contributed by atoms with E-state index < -0.39 is 60.4 Å². The summed E-state index contributed by atoms with van der Waals surface area (Å²) in [5, 5.41) is 1.28. The zero-order chi connectivity index (χ0) is 42.2. The Morgan fingerprint density at radius 3 is 2.04 bits per heavy atom. The number of rotatable bonds is 4. The zero-order valence-electron chi connectivity index (χ0n) is 36.3. The molecule has 6 heteroatoms. The highest BCUT2D eigenvalue weighted by molar-refractivity contribution is 6.21. The van der Waals surface area contributed by atoms with E-state index in [1.54, 1.807) is 6.07 Å². The van der Waals surface area contributed by atoms with Crippen LogP contribution in [0.1, 0.15) is 13.7 Å². The normalized spacial score (nSPS) is 14.7. The van der Waals surface area contributed by atoms with Crippen molar-refractivity contribution >= 4 is 65.7 Å². The lowest BCUT2D eigenvalue weighted by molar-refractivity contribution is 0.669. The van der Waals surface area contributed by atoms with Crippen LogP contribution >= 0.6 is 0 Å². The van der Waals surface area contributed by atoms with Gasteiger partial charge in [-0.1, -0.05) is 127 Å². The lowest BCUT2D eigenvalue weighted by Gasteiger charge is -2.11. The highest BCUT2D eigenvalue weighted by Gasteiger charge is 2.23. The summed E-state index contributed by atoms with van der Waals surface area (Å²) >= 11 is 0. The van der Waals surface area contributed by atoms with Crippen LogP contribution in [-0.2, 0) is 0 Å². The Morgan fingerprint density at radius 1 is 0.451 bits per heavy atom. The van der Waals surface area contributed by atoms with E-state index in [9.17, 15) is 4.11 Å². The molecule has 0 amide bonds. The van der Waals surface area contributed by atoms with Crippen LogP contribution in [0.2, 0.25) is 0 Å². The molecule has 0 fully saturated rings. The first kappa shape index (κ1) is 19.8. The number of aromatic nitrogens is 4. The van der Waals surface area contributed by atoms with Gasteiger partial charge < -0.3 is 8.83 Å². The molecule has 0 radical (unpaired) electrons. The monoisotopic (exact) mass is 664 g/mol. The smallest absolute Gasteiger partial charge is 0.238 e. The third kappa shape index (κ3) is 4.20. The minimum Gasteiger partial charge on any atom is -0.455 e. The van der Waals surface area contributed by atoms with E-state index >= 15 is 0 Å². The van der Waals surface area contributed by atoms with Crippen LogP contribution in [0.4, 0.5) is 0 Å². The molecule has 6 nitrogen and oxygen atoms in total. The van der Waals surface area contributed by atoms with Crippen LogP contribution in [0.25, 0.3) is 106 Å². The predicted molar refractivity (Wildman–Crippen MR) is 205 cm³/mol. The summed E-state index contributed by atoms with van der Waals surface area (Å²) < 4.78 is 103. The van der Waals surface area contributed by atoms with Crippen molar-refractivity contribution in [1.82, 2.24) is 19.5 Å². The maximum absolute atomic E-state index is 9.39. The van der Waals surface area contributed by atoms with Gasteiger partial charge in [-0.3, -0.25) is 4.57 Å². The predicted octanol–water partition coefficient (Wildman–Crippen LogP) is 11.8. The average Bonchev–Trinajstić information content (AvgIpc) is 3.99. The number of nitrogens with zero attached hydrogens (tertiary/aromatic N) is 4. The molecule has 0 unspecified atom stereocenters. The molecule has 4 aromatic heterocycles. The molecule has 0 atom stereocenters. The van der Waals surface area contributed by atoms with Gasteiger partial charge in [-0.2, -0.15) is 9.97 Å². The van der Waals surface area contributed by atoms with Crippen molar-refractivity contribution in [2.75, 3.05) is 0 Å². The van der Waals surface area contributed by atoms with Gasteiger partial charge in [-0.25, -0.2) is 4.98 Å². The molecule has 0 bridgehead atoms. The van der Waals surface area contributed by atoms with Gasteiger partial charge in [0.1, 0.15) is 22.3 Å². The van der Waals surface area contributed by atoms with Crippen molar-refractivity contribution in [3.63, 3.8) is 0 Å². The number of furan rings is 2. The van der Waals surface area contributed by atoms with Crippen LogP contribution in [0.3, 0.4) is 0 Å². The van der Waals surface area contributed by atoms with Gasteiger partial charge >= 0.3 is 0 Å². The quantitative estimate of drug-likeness (QED) is 0.187. The minimum absolute atomic E-state index is 0.0319. The van der Waals surface area contributed by atoms with Crippen molar-refractivity contribution in [3.05, 3.63) is 157 Å². The molecule has 0 saturated heterocycles. The first-order chi connectivity index (χ1) is 29.4. The van der Waals surface area contributed by atoms with Crippen molar-refractivity contribution in [2.24, 2.45) is 0 Å². The fraction of sp³-hybridized carbons (Fsp3) is 0. The molecule has 11 aromatic rings. The van der Waals surface area contributed by atoms with E-state index in [4.69, 9.17) is 33.4 Å². The molecule has 4 heterocycles. The van der Waals surface area contributed by atoms with Crippen LogP contribution in [-0.4, -0.2) is 19.5 Å². The topological polar surface area (TPSA) is 69.9 Å². The fourth-order valence-electron chi connectivity index (χ4n) is 6.84. The van der Waals surface area contributed by atoms with Gasteiger partial charge in [0.2, 0.25) is 5.95 Å². The second-order valence-electron chi connectivity index (χ2n) is 12.0. The summed E-state index contributed by atoms with van der Waals surface area (Å²) in [6.45, 7) is 0. The first-order valence-corrected chi connectivity index (χ1v) is 16.1. The Bertz CT molecular complexity index is 3710. The Hall–Kier alpha value is -7.05. The fourth-order valence-corrected chi connectivity index (χ4v) is 6.84. The lowest BCUT2D eigenvalue weighted by atomic mass is 10.0.